The number of benzene rings is 3. The normalized spacial score (nSPS) is 18.3. The minimum Gasteiger partial charge on any atom is -0.504 e. The van der Waals surface area contributed by atoms with Gasteiger partial charge in [-0.05, 0) is 48.9 Å². The lowest BCUT2D eigenvalue weighted by Crippen LogP contribution is -2.39. The topological polar surface area (TPSA) is 53.5 Å². The molecule has 0 spiro atoms. The molecule has 0 saturated carbocycles. The Morgan fingerprint density at radius 1 is 1.03 bits per heavy atom. The molecule has 0 fully saturated rings. The van der Waals surface area contributed by atoms with Crippen molar-refractivity contribution in [2.24, 2.45) is 0 Å². The summed E-state index contributed by atoms with van der Waals surface area (Å²) in [5.41, 5.74) is 3.51. The summed E-state index contributed by atoms with van der Waals surface area (Å²) in [6.45, 7) is 2.36. The summed E-state index contributed by atoms with van der Waals surface area (Å²) in [7, 11) is 0. The molecule has 3 aromatic carbocycles. The van der Waals surface area contributed by atoms with Crippen molar-refractivity contribution < 1.29 is 9.84 Å². The summed E-state index contributed by atoms with van der Waals surface area (Å²) in [6.07, 6.45) is 1.75. The van der Waals surface area contributed by atoms with Gasteiger partial charge >= 0.3 is 0 Å². The maximum absolute atomic E-state index is 10.9. The average molecular weight is 520 g/mol. The molecule has 0 radical (unpaired) electrons. The first-order valence-corrected chi connectivity index (χ1v) is 11.4. The lowest BCUT2D eigenvalue weighted by atomic mass is 9.97. The third-order valence-electron chi connectivity index (χ3n) is 5.05. The second-order valence-corrected chi connectivity index (χ2v) is 8.86. The highest BCUT2D eigenvalue weighted by Crippen LogP contribution is 2.39. The number of para-hydroxylation sites is 1. The molecular weight excluding hydrogens is 499 g/mol. The molecule has 0 saturated heterocycles. The maximum Gasteiger partial charge on any atom is 0.162 e. The van der Waals surface area contributed by atoms with Gasteiger partial charge in [-0.2, -0.15) is 0 Å². The molecule has 7 heteroatoms. The molecule has 4 nitrogen and oxygen atoms in total. The predicted octanol–water partition coefficient (Wildman–Crippen LogP) is 6.83. The van der Waals surface area contributed by atoms with E-state index in [2.05, 4.69) is 26.6 Å². The van der Waals surface area contributed by atoms with Crippen molar-refractivity contribution in [2.45, 2.75) is 19.1 Å². The van der Waals surface area contributed by atoms with Gasteiger partial charge in [0.05, 0.1) is 12.6 Å². The summed E-state index contributed by atoms with van der Waals surface area (Å²) < 4.78 is 6.56. The van der Waals surface area contributed by atoms with E-state index in [1.807, 2.05) is 61.5 Å². The molecule has 2 atom stereocenters. The summed E-state index contributed by atoms with van der Waals surface area (Å²) in [5, 5.41) is 19.0. The van der Waals surface area contributed by atoms with Gasteiger partial charge < -0.3 is 15.2 Å². The van der Waals surface area contributed by atoms with Crippen LogP contribution in [0.4, 0.5) is 0 Å². The van der Waals surface area contributed by atoms with Gasteiger partial charge in [0.1, 0.15) is 6.17 Å². The lowest BCUT2D eigenvalue weighted by molar-refractivity contribution is 0.314. The quantitative estimate of drug-likeness (QED) is 0.345. The van der Waals surface area contributed by atoms with Crippen molar-refractivity contribution in [3.8, 4) is 11.5 Å². The standard InChI is InChI=1S/C24H21BrCl2N2O2/c1-2-31-22-8-4-7-18(23(22)30)21-13-20(14-5-3-6-15(25)11-14)28-24(29-21)17-10-9-16(26)12-19(17)27/h3-13,21,24,28-30H,2H2,1H3. The van der Waals surface area contributed by atoms with E-state index in [9.17, 15) is 5.11 Å². The van der Waals surface area contributed by atoms with E-state index in [0.717, 1.165) is 26.9 Å². The highest BCUT2D eigenvalue weighted by atomic mass is 79.9. The van der Waals surface area contributed by atoms with Gasteiger partial charge in [0.25, 0.3) is 0 Å². The van der Waals surface area contributed by atoms with Crippen LogP contribution in [-0.4, -0.2) is 11.7 Å². The molecule has 0 bridgehead atoms. The number of aromatic hydroxyl groups is 1. The molecule has 31 heavy (non-hydrogen) atoms. The molecule has 0 amide bonds. The van der Waals surface area contributed by atoms with Gasteiger partial charge in [-0.3, -0.25) is 5.32 Å². The third kappa shape index (κ3) is 4.85. The second-order valence-electron chi connectivity index (χ2n) is 7.11. The zero-order chi connectivity index (χ0) is 22.0. The summed E-state index contributed by atoms with van der Waals surface area (Å²) >= 11 is 16.2. The lowest BCUT2D eigenvalue weighted by Gasteiger charge is -2.34. The number of phenols is 1. The van der Waals surface area contributed by atoms with Crippen LogP contribution in [0.2, 0.25) is 10.0 Å². The van der Waals surface area contributed by atoms with Crippen LogP contribution in [0.25, 0.3) is 5.70 Å². The van der Waals surface area contributed by atoms with E-state index in [1.165, 1.54) is 0 Å². The first-order valence-electron chi connectivity index (χ1n) is 9.86. The minimum atomic E-state index is -0.302. The van der Waals surface area contributed by atoms with Crippen molar-refractivity contribution in [1.82, 2.24) is 10.6 Å². The Morgan fingerprint density at radius 3 is 2.58 bits per heavy atom. The largest absolute Gasteiger partial charge is 0.504 e. The minimum absolute atomic E-state index is 0.120. The van der Waals surface area contributed by atoms with E-state index in [-0.39, 0.29) is 18.0 Å². The number of halogens is 3. The van der Waals surface area contributed by atoms with Crippen LogP contribution < -0.4 is 15.4 Å². The van der Waals surface area contributed by atoms with Crippen LogP contribution in [0.15, 0.2) is 71.2 Å². The number of rotatable bonds is 5. The van der Waals surface area contributed by atoms with Crippen molar-refractivity contribution in [2.75, 3.05) is 6.61 Å². The first-order chi connectivity index (χ1) is 15.0. The van der Waals surface area contributed by atoms with E-state index in [1.54, 1.807) is 12.1 Å². The zero-order valence-corrected chi connectivity index (χ0v) is 19.8. The summed E-state index contributed by atoms with van der Waals surface area (Å²) in [4.78, 5) is 0. The van der Waals surface area contributed by atoms with Crippen LogP contribution in [0.3, 0.4) is 0 Å². The summed E-state index contributed by atoms with van der Waals surface area (Å²) in [5.74, 6) is 0.577. The molecule has 1 aliphatic heterocycles. The van der Waals surface area contributed by atoms with Crippen LogP contribution in [-0.2, 0) is 0 Å². The molecule has 1 aliphatic rings. The van der Waals surface area contributed by atoms with Gasteiger partial charge in [0, 0.05) is 31.3 Å². The Hall–Kier alpha value is -2.18. The molecule has 160 valence electrons. The highest BCUT2D eigenvalue weighted by molar-refractivity contribution is 9.10. The number of hydrogen-bond acceptors (Lipinski definition) is 4. The van der Waals surface area contributed by atoms with E-state index in [4.69, 9.17) is 27.9 Å². The fraction of sp³-hybridized carbons (Fsp3) is 0.167. The molecule has 0 aliphatic carbocycles. The molecule has 3 N–H and O–H groups in total. The number of nitrogens with one attached hydrogen (secondary N) is 2. The Morgan fingerprint density at radius 2 is 1.84 bits per heavy atom. The molecule has 4 rings (SSSR count). The Bertz CT molecular complexity index is 1140. The Labute approximate surface area is 200 Å². The number of phenolic OH excluding ortho intramolecular Hbond substituents is 1. The molecule has 3 aromatic rings. The molecule has 0 aromatic heterocycles. The van der Waals surface area contributed by atoms with Crippen LogP contribution in [0.5, 0.6) is 11.5 Å². The molecule has 2 unspecified atom stereocenters. The Balaban J connectivity index is 1.79. The van der Waals surface area contributed by atoms with Gasteiger partial charge in [-0.25, -0.2) is 0 Å². The number of ether oxygens (including phenoxy) is 1. The maximum atomic E-state index is 10.9. The number of hydrogen-bond donors (Lipinski definition) is 3. The van der Waals surface area contributed by atoms with Gasteiger partial charge in [0.15, 0.2) is 11.5 Å². The Kier molecular flexibility index (Phi) is 6.77. The second kappa shape index (κ2) is 9.53. The fourth-order valence-electron chi connectivity index (χ4n) is 3.62. The fourth-order valence-corrected chi connectivity index (χ4v) is 4.54. The van der Waals surface area contributed by atoms with Crippen molar-refractivity contribution in [1.29, 1.82) is 0 Å². The van der Waals surface area contributed by atoms with Crippen molar-refractivity contribution in [3.05, 3.63) is 97.9 Å². The van der Waals surface area contributed by atoms with Crippen LogP contribution in [0.1, 0.15) is 35.8 Å². The first kappa shape index (κ1) is 22.0. The van der Waals surface area contributed by atoms with Crippen molar-refractivity contribution in [3.63, 3.8) is 0 Å². The smallest absolute Gasteiger partial charge is 0.162 e. The van der Waals surface area contributed by atoms with Crippen molar-refractivity contribution >= 4 is 44.8 Å². The highest BCUT2D eigenvalue weighted by Gasteiger charge is 2.27. The third-order valence-corrected chi connectivity index (χ3v) is 6.11. The van der Waals surface area contributed by atoms with Crippen LogP contribution in [0, 0.1) is 0 Å². The predicted molar refractivity (Wildman–Crippen MR) is 130 cm³/mol. The molecule has 1 heterocycles. The van der Waals surface area contributed by atoms with E-state index < -0.39 is 0 Å². The monoisotopic (exact) mass is 518 g/mol. The average Bonchev–Trinajstić information content (AvgIpc) is 2.75. The van der Waals surface area contributed by atoms with Gasteiger partial charge in [0.2, 0.25) is 0 Å². The molecular formula is C24H21BrCl2N2O2. The van der Waals surface area contributed by atoms with Gasteiger partial charge in [-0.1, -0.05) is 69.5 Å². The summed E-state index contributed by atoms with van der Waals surface area (Å²) in [6, 6.07) is 18.7. The van der Waals surface area contributed by atoms with Gasteiger partial charge in [-0.15, -0.1) is 0 Å². The van der Waals surface area contributed by atoms with E-state index >= 15 is 0 Å². The zero-order valence-electron chi connectivity index (χ0n) is 16.7. The van der Waals surface area contributed by atoms with Crippen LogP contribution >= 0.6 is 39.1 Å². The van der Waals surface area contributed by atoms with E-state index in [0.29, 0.717) is 22.4 Å². The SMILES string of the molecule is CCOc1cccc(C2C=C(c3cccc(Br)c3)NC(c3ccc(Cl)cc3Cl)N2)c1O.